The lowest BCUT2D eigenvalue weighted by molar-refractivity contribution is 0.301. The fourth-order valence-corrected chi connectivity index (χ4v) is 4.34. The highest BCUT2D eigenvalue weighted by molar-refractivity contribution is 7.89. The summed E-state index contributed by atoms with van der Waals surface area (Å²) in [6.45, 7) is -0.231. The van der Waals surface area contributed by atoms with Crippen LogP contribution >= 0.6 is 0 Å². The zero-order valence-electron chi connectivity index (χ0n) is 14.3. The lowest BCUT2D eigenvalue weighted by atomic mass is 9.83. The van der Waals surface area contributed by atoms with Crippen molar-refractivity contribution in [2.24, 2.45) is 0 Å². The van der Waals surface area contributed by atoms with Crippen LogP contribution in [0, 0.1) is 0 Å². The van der Waals surface area contributed by atoms with Gasteiger partial charge in [-0.2, -0.15) is 0 Å². The summed E-state index contributed by atoms with van der Waals surface area (Å²) < 4.78 is 26.6. The van der Waals surface area contributed by atoms with Crippen LogP contribution in [-0.4, -0.2) is 36.6 Å². The van der Waals surface area contributed by atoms with Gasteiger partial charge in [0.1, 0.15) is 5.65 Å². The van der Waals surface area contributed by atoms with Crippen molar-refractivity contribution in [2.75, 3.05) is 13.2 Å². The van der Waals surface area contributed by atoms with Crippen molar-refractivity contribution in [3.8, 4) is 11.1 Å². The first-order valence-electron chi connectivity index (χ1n) is 8.77. The molecule has 7 heteroatoms. The quantitative estimate of drug-likeness (QED) is 0.621. The first-order chi connectivity index (χ1) is 12.6. The van der Waals surface area contributed by atoms with Crippen molar-refractivity contribution in [3.63, 3.8) is 0 Å². The number of nitrogens with one attached hydrogen (secondary N) is 2. The molecule has 0 bridgehead atoms. The number of aliphatic hydroxyl groups excluding tert-OH is 1. The average Bonchev–Trinajstić information content (AvgIpc) is 3.02. The molecule has 3 aromatic rings. The molecule has 0 radical (unpaired) electrons. The van der Waals surface area contributed by atoms with Gasteiger partial charge in [0.15, 0.2) is 0 Å². The van der Waals surface area contributed by atoms with Crippen LogP contribution in [0.4, 0.5) is 0 Å². The third-order valence-electron chi connectivity index (χ3n) is 4.98. The van der Waals surface area contributed by atoms with Crippen LogP contribution in [0.15, 0.2) is 47.5 Å². The molecule has 3 N–H and O–H groups in total. The monoisotopic (exact) mass is 371 g/mol. The van der Waals surface area contributed by atoms with Crippen LogP contribution in [0.25, 0.3) is 22.2 Å². The van der Waals surface area contributed by atoms with E-state index in [1.54, 1.807) is 30.5 Å². The molecular formula is C19H21N3O3S. The van der Waals surface area contributed by atoms with E-state index in [4.69, 9.17) is 5.11 Å². The topological polar surface area (TPSA) is 95.1 Å². The third kappa shape index (κ3) is 3.13. The standard InChI is InChI=1S/C19H21N3O3S/c23-11-10-21-26(24,25)15-6-4-13(5-7-15)16-8-9-20-19-17(16)12-18(22-19)14-2-1-3-14/h4-9,12,14,21,23H,1-3,10-11H2,(H,20,22). The molecule has 0 aliphatic heterocycles. The number of H-pyrrole nitrogens is 1. The van der Waals surface area contributed by atoms with E-state index >= 15 is 0 Å². The molecule has 0 atom stereocenters. The lowest BCUT2D eigenvalue weighted by Crippen LogP contribution is -2.26. The summed E-state index contributed by atoms with van der Waals surface area (Å²) in [6.07, 6.45) is 5.48. The Morgan fingerprint density at radius 3 is 2.62 bits per heavy atom. The van der Waals surface area contributed by atoms with Gasteiger partial charge in [-0.25, -0.2) is 18.1 Å². The third-order valence-corrected chi connectivity index (χ3v) is 6.45. The second-order valence-electron chi connectivity index (χ2n) is 6.62. The van der Waals surface area contributed by atoms with Gasteiger partial charge in [-0.15, -0.1) is 0 Å². The highest BCUT2D eigenvalue weighted by Crippen LogP contribution is 2.38. The molecule has 1 aromatic carbocycles. The van der Waals surface area contributed by atoms with Gasteiger partial charge in [0.05, 0.1) is 11.5 Å². The molecule has 6 nitrogen and oxygen atoms in total. The molecule has 0 saturated heterocycles. The van der Waals surface area contributed by atoms with E-state index < -0.39 is 10.0 Å². The average molecular weight is 371 g/mol. The Morgan fingerprint density at radius 1 is 1.19 bits per heavy atom. The van der Waals surface area contributed by atoms with Crippen molar-refractivity contribution in [1.82, 2.24) is 14.7 Å². The van der Waals surface area contributed by atoms with Gasteiger partial charge < -0.3 is 10.1 Å². The maximum Gasteiger partial charge on any atom is 0.240 e. The van der Waals surface area contributed by atoms with E-state index in [-0.39, 0.29) is 18.0 Å². The van der Waals surface area contributed by atoms with Gasteiger partial charge in [-0.05, 0) is 54.2 Å². The number of nitrogens with zero attached hydrogens (tertiary/aromatic N) is 1. The zero-order valence-corrected chi connectivity index (χ0v) is 15.1. The molecule has 136 valence electrons. The summed E-state index contributed by atoms with van der Waals surface area (Å²) in [5.41, 5.74) is 4.08. The molecule has 1 aliphatic rings. The number of pyridine rings is 1. The SMILES string of the molecule is O=S(=O)(NCCO)c1ccc(-c2ccnc3[nH]c(C4CCC4)cc23)cc1. The summed E-state index contributed by atoms with van der Waals surface area (Å²) in [4.78, 5) is 8.04. The summed E-state index contributed by atoms with van der Waals surface area (Å²) in [5, 5.41) is 9.86. The Labute approximate surface area is 152 Å². The lowest BCUT2D eigenvalue weighted by Gasteiger charge is -2.23. The fourth-order valence-electron chi connectivity index (χ4n) is 3.32. The van der Waals surface area contributed by atoms with Crippen LogP contribution in [0.5, 0.6) is 0 Å². The van der Waals surface area contributed by atoms with E-state index in [9.17, 15) is 8.42 Å². The second-order valence-corrected chi connectivity index (χ2v) is 8.39. The number of aromatic nitrogens is 2. The predicted octanol–water partition coefficient (Wildman–Crippen LogP) is 2.77. The molecule has 0 amide bonds. The van der Waals surface area contributed by atoms with E-state index in [0.717, 1.165) is 22.2 Å². The van der Waals surface area contributed by atoms with Crippen LogP contribution in [0.3, 0.4) is 0 Å². The molecule has 1 saturated carbocycles. The Bertz CT molecular complexity index is 1020. The van der Waals surface area contributed by atoms with Crippen LogP contribution in [0.1, 0.15) is 30.9 Å². The number of benzene rings is 1. The number of fused-ring (bicyclic) bond motifs is 1. The van der Waals surface area contributed by atoms with E-state index in [2.05, 4.69) is 20.8 Å². The molecule has 0 spiro atoms. The highest BCUT2D eigenvalue weighted by atomic mass is 32.2. The number of aliphatic hydroxyl groups is 1. The number of hydrogen-bond acceptors (Lipinski definition) is 4. The number of sulfonamides is 1. The zero-order chi connectivity index (χ0) is 18.1. The maximum absolute atomic E-state index is 12.1. The molecule has 1 aliphatic carbocycles. The molecule has 26 heavy (non-hydrogen) atoms. The Hall–Kier alpha value is -2.22. The Morgan fingerprint density at radius 2 is 1.96 bits per heavy atom. The van der Waals surface area contributed by atoms with Gasteiger partial charge in [0.25, 0.3) is 0 Å². The predicted molar refractivity (Wildman–Crippen MR) is 100 cm³/mol. The normalized spacial score (nSPS) is 15.3. The van der Waals surface area contributed by atoms with Crippen molar-refractivity contribution >= 4 is 21.1 Å². The van der Waals surface area contributed by atoms with Gasteiger partial charge in [0, 0.05) is 23.8 Å². The first-order valence-corrected chi connectivity index (χ1v) is 10.3. The minimum Gasteiger partial charge on any atom is -0.395 e. The van der Waals surface area contributed by atoms with Crippen LogP contribution < -0.4 is 4.72 Å². The molecule has 4 rings (SSSR count). The van der Waals surface area contributed by atoms with Gasteiger partial charge in [0.2, 0.25) is 10.0 Å². The maximum atomic E-state index is 12.1. The smallest absolute Gasteiger partial charge is 0.240 e. The summed E-state index contributed by atoms with van der Waals surface area (Å²) >= 11 is 0. The summed E-state index contributed by atoms with van der Waals surface area (Å²) in [7, 11) is -3.60. The Kier molecular flexibility index (Phi) is 4.52. The van der Waals surface area contributed by atoms with Crippen molar-refractivity contribution in [1.29, 1.82) is 0 Å². The van der Waals surface area contributed by atoms with E-state index in [1.165, 1.54) is 25.0 Å². The van der Waals surface area contributed by atoms with Crippen molar-refractivity contribution < 1.29 is 13.5 Å². The Balaban J connectivity index is 1.68. The van der Waals surface area contributed by atoms with Gasteiger partial charge in [-0.1, -0.05) is 18.6 Å². The van der Waals surface area contributed by atoms with Crippen LogP contribution in [-0.2, 0) is 10.0 Å². The minimum absolute atomic E-state index is 0.00234. The molecule has 1 fully saturated rings. The molecular weight excluding hydrogens is 350 g/mol. The second kappa shape index (κ2) is 6.83. The van der Waals surface area contributed by atoms with E-state index in [1.807, 2.05) is 6.07 Å². The van der Waals surface area contributed by atoms with E-state index in [0.29, 0.717) is 5.92 Å². The number of hydrogen-bond donors (Lipinski definition) is 3. The largest absolute Gasteiger partial charge is 0.395 e. The van der Waals surface area contributed by atoms with Crippen molar-refractivity contribution in [3.05, 3.63) is 48.3 Å². The minimum atomic E-state index is -3.60. The molecule has 2 heterocycles. The highest BCUT2D eigenvalue weighted by Gasteiger charge is 2.22. The van der Waals surface area contributed by atoms with Gasteiger partial charge in [-0.3, -0.25) is 0 Å². The van der Waals surface area contributed by atoms with Crippen molar-refractivity contribution in [2.45, 2.75) is 30.1 Å². The first kappa shape index (κ1) is 17.2. The summed E-state index contributed by atoms with van der Waals surface area (Å²) in [5.74, 6) is 0.599. The number of aromatic amines is 1. The van der Waals surface area contributed by atoms with Crippen LogP contribution in [0.2, 0.25) is 0 Å². The summed E-state index contributed by atoms with van der Waals surface area (Å²) in [6, 6.07) is 10.9. The molecule has 2 aromatic heterocycles. The number of rotatable bonds is 6. The fraction of sp³-hybridized carbons (Fsp3) is 0.316. The van der Waals surface area contributed by atoms with Gasteiger partial charge >= 0.3 is 0 Å². The molecule has 0 unspecified atom stereocenters.